The first-order chi connectivity index (χ1) is 8.78. The van der Waals surface area contributed by atoms with E-state index in [4.69, 9.17) is 10.5 Å². The zero-order chi connectivity index (χ0) is 12.8. The number of ether oxygens (including phenoxy) is 1. The van der Waals surface area contributed by atoms with Crippen molar-refractivity contribution >= 4 is 11.6 Å². The lowest BCUT2D eigenvalue weighted by Gasteiger charge is -2.11. The van der Waals surface area contributed by atoms with E-state index in [1.54, 1.807) is 6.07 Å². The van der Waals surface area contributed by atoms with Crippen molar-refractivity contribution in [3.63, 3.8) is 0 Å². The van der Waals surface area contributed by atoms with E-state index in [-0.39, 0.29) is 0 Å². The zero-order valence-electron chi connectivity index (χ0n) is 11.0. The molecule has 0 amide bonds. The Hall–Kier alpha value is -1.36. The molecule has 5 nitrogen and oxygen atoms in total. The number of hydrogen-bond acceptors (Lipinski definition) is 5. The van der Waals surface area contributed by atoms with E-state index in [2.05, 4.69) is 22.2 Å². The minimum absolute atomic E-state index is 0.409. The average molecular weight is 250 g/mol. The number of rotatable bonds is 6. The zero-order valence-corrected chi connectivity index (χ0v) is 11.0. The molecule has 1 aliphatic heterocycles. The Labute approximate surface area is 108 Å². The molecule has 0 spiro atoms. The predicted octanol–water partition coefficient (Wildman–Crippen LogP) is 1.99. The van der Waals surface area contributed by atoms with Gasteiger partial charge in [-0.1, -0.05) is 6.92 Å². The van der Waals surface area contributed by atoms with E-state index in [0.29, 0.717) is 11.9 Å². The van der Waals surface area contributed by atoms with Crippen LogP contribution in [0.2, 0.25) is 0 Å². The summed E-state index contributed by atoms with van der Waals surface area (Å²) >= 11 is 0. The summed E-state index contributed by atoms with van der Waals surface area (Å²) in [5.74, 6) is 2.18. The van der Waals surface area contributed by atoms with Gasteiger partial charge in [0, 0.05) is 25.6 Å². The van der Waals surface area contributed by atoms with Crippen LogP contribution in [0.4, 0.5) is 11.6 Å². The van der Waals surface area contributed by atoms with Crippen LogP contribution in [0.1, 0.15) is 38.4 Å². The van der Waals surface area contributed by atoms with Crippen molar-refractivity contribution in [2.75, 3.05) is 24.2 Å². The van der Waals surface area contributed by atoms with Crippen LogP contribution in [0.5, 0.6) is 0 Å². The fraction of sp³-hybridized carbons (Fsp3) is 0.692. The molecule has 0 bridgehead atoms. The van der Waals surface area contributed by atoms with Crippen LogP contribution in [0.3, 0.4) is 0 Å². The van der Waals surface area contributed by atoms with Gasteiger partial charge >= 0.3 is 0 Å². The summed E-state index contributed by atoms with van der Waals surface area (Å²) in [6, 6.07) is 1.79. The van der Waals surface area contributed by atoms with Gasteiger partial charge in [0.15, 0.2) is 0 Å². The van der Waals surface area contributed by atoms with Crippen LogP contribution in [-0.4, -0.2) is 29.2 Å². The maximum absolute atomic E-state index is 5.77. The third-order valence-corrected chi connectivity index (χ3v) is 3.06. The molecule has 1 aromatic heterocycles. The van der Waals surface area contributed by atoms with Gasteiger partial charge in [0.2, 0.25) is 0 Å². The van der Waals surface area contributed by atoms with Gasteiger partial charge in [0.1, 0.15) is 17.5 Å². The fourth-order valence-corrected chi connectivity index (χ4v) is 2.18. The number of aryl methyl sites for hydroxylation is 1. The smallest absolute Gasteiger partial charge is 0.133 e. The molecule has 1 aliphatic rings. The topological polar surface area (TPSA) is 73.1 Å². The fourth-order valence-electron chi connectivity index (χ4n) is 2.18. The summed E-state index contributed by atoms with van der Waals surface area (Å²) in [7, 11) is 0. The molecular formula is C13H22N4O. The van der Waals surface area contributed by atoms with Gasteiger partial charge in [-0.05, 0) is 25.7 Å². The molecule has 1 fully saturated rings. The van der Waals surface area contributed by atoms with Gasteiger partial charge in [-0.3, -0.25) is 0 Å². The molecule has 0 radical (unpaired) electrons. The summed E-state index contributed by atoms with van der Waals surface area (Å²) in [4.78, 5) is 8.66. The van der Waals surface area contributed by atoms with Crippen LogP contribution in [-0.2, 0) is 11.2 Å². The Morgan fingerprint density at radius 2 is 2.39 bits per heavy atom. The average Bonchev–Trinajstić information content (AvgIpc) is 2.82. The SMILES string of the molecule is CCCc1nc(N)cc(NCCC2CCCO2)n1. The van der Waals surface area contributed by atoms with E-state index in [1.165, 1.54) is 12.8 Å². The molecule has 18 heavy (non-hydrogen) atoms. The first kappa shape index (κ1) is 13.1. The number of nitrogens with two attached hydrogens (primary N) is 1. The summed E-state index contributed by atoms with van der Waals surface area (Å²) in [6.45, 7) is 3.88. The number of aromatic nitrogens is 2. The molecule has 5 heteroatoms. The van der Waals surface area contributed by atoms with Crippen molar-refractivity contribution in [1.29, 1.82) is 0 Å². The Balaban J connectivity index is 1.83. The maximum atomic E-state index is 5.77. The quantitative estimate of drug-likeness (QED) is 0.807. The van der Waals surface area contributed by atoms with Crippen molar-refractivity contribution in [3.05, 3.63) is 11.9 Å². The second kappa shape index (κ2) is 6.54. The third-order valence-electron chi connectivity index (χ3n) is 3.06. The normalized spacial score (nSPS) is 19.1. The second-order valence-electron chi connectivity index (χ2n) is 4.69. The van der Waals surface area contributed by atoms with E-state index < -0.39 is 0 Å². The van der Waals surface area contributed by atoms with Gasteiger partial charge in [0.25, 0.3) is 0 Å². The van der Waals surface area contributed by atoms with Crippen LogP contribution in [0, 0.1) is 0 Å². The largest absolute Gasteiger partial charge is 0.384 e. The highest BCUT2D eigenvalue weighted by atomic mass is 16.5. The number of nitrogen functional groups attached to an aromatic ring is 1. The molecule has 2 heterocycles. The summed E-state index contributed by atoms with van der Waals surface area (Å²) < 4.78 is 5.58. The lowest BCUT2D eigenvalue weighted by Crippen LogP contribution is -2.14. The number of hydrogen-bond donors (Lipinski definition) is 2. The Morgan fingerprint density at radius 3 is 3.11 bits per heavy atom. The van der Waals surface area contributed by atoms with Crippen molar-refractivity contribution < 1.29 is 4.74 Å². The van der Waals surface area contributed by atoms with Crippen LogP contribution in [0.25, 0.3) is 0 Å². The van der Waals surface area contributed by atoms with E-state index in [9.17, 15) is 0 Å². The number of anilines is 2. The minimum Gasteiger partial charge on any atom is -0.384 e. The van der Waals surface area contributed by atoms with Gasteiger partial charge in [0.05, 0.1) is 6.10 Å². The maximum Gasteiger partial charge on any atom is 0.133 e. The molecule has 3 N–H and O–H groups in total. The van der Waals surface area contributed by atoms with Crippen molar-refractivity contribution in [2.24, 2.45) is 0 Å². The van der Waals surface area contributed by atoms with Crippen LogP contribution < -0.4 is 11.1 Å². The van der Waals surface area contributed by atoms with Gasteiger partial charge in [-0.25, -0.2) is 9.97 Å². The van der Waals surface area contributed by atoms with E-state index in [0.717, 1.165) is 44.1 Å². The standard InChI is InChI=1S/C13H22N4O/c1-2-4-12-16-11(14)9-13(17-12)15-7-6-10-5-3-8-18-10/h9-10H,2-8H2,1H3,(H3,14,15,16,17). The molecule has 1 aromatic rings. The van der Waals surface area contributed by atoms with Gasteiger partial charge in [-0.15, -0.1) is 0 Å². The van der Waals surface area contributed by atoms with Crippen LogP contribution in [0.15, 0.2) is 6.07 Å². The highest BCUT2D eigenvalue weighted by molar-refractivity contribution is 5.44. The summed E-state index contributed by atoms with van der Waals surface area (Å²) in [5, 5.41) is 3.30. The predicted molar refractivity (Wildman–Crippen MR) is 72.5 cm³/mol. The Morgan fingerprint density at radius 1 is 1.50 bits per heavy atom. The summed E-state index contributed by atoms with van der Waals surface area (Å²) in [6.07, 6.45) is 5.68. The molecule has 0 aromatic carbocycles. The molecule has 0 saturated carbocycles. The van der Waals surface area contributed by atoms with Gasteiger partial charge < -0.3 is 15.8 Å². The number of nitrogens with zero attached hydrogens (tertiary/aromatic N) is 2. The molecular weight excluding hydrogens is 228 g/mol. The Bertz CT molecular complexity index is 377. The minimum atomic E-state index is 0.409. The highest BCUT2D eigenvalue weighted by Gasteiger charge is 2.14. The molecule has 0 aliphatic carbocycles. The molecule has 2 rings (SSSR count). The first-order valence-electron chi connectivity index (χ1n) is 6.77. The molecule has 1 unspecified atom stereocenters. The van der Waals surface area contributed by atoms with Gasteiger partial charge in [-0.2, -0.15) is 0 Å². The van der Waals surface area contributed by atoms with E-state index >= 15 is 0 Å². The molecule has 1 saturated heterocycles. The summed E-state index contributed by atoms with van der Waals surface area (Å²) in [5.41, 5.74) is 5.77. The lowest BCUT2D eigenvalue weighted by molar-refractivity contribution is 0.107. The third kappa shape index (κ3) is 3.84. The molecule has 1 atom stereocenters. The van der Waals surface area contributed by atoms with Crippen molar-refractivity contribution in [3.8, 4) is 0 Å². The van der Waals surface area contributed by atoms with E-state index in [1.807, 2.05) is 0 Å². The van der Waals surface area contributed by atoms with Crippen LogP contribution >= 0.6 is 0 Å². The van der Waals surface area contributed by atoms with Crippen molar-refractivity contribution in [1.82, 2.24) is 9.97 Å². The first-order valence-corrected chi connectivity index (χ1v) is 6.77. The van der Waals surface area contributed by atoms with Crippen molar-refractivity contribution in [2.45, 2.75) is 45.1 Å². The highest BCUT2D eigenvalue weighted by Crippen LogP contribution is 2.16. The molecule has 100 valence electrons. The monoisotopic (exact) mass is 250 g/mol. The number of nitrogens with one attached hydrogen (secondary N) is 1. The lowest BCUT2D eigenvalue weighted by atomic mass is 10.2. The Kier molecular flexibility index (Phi) is 4.75. The second-order valence-corrected chi connectivity index (χ2v) is 4.69.